The minimum Gasteiger partial charge on any atom is -0.478 e. The van der Waals surface area contributed by atoms with Gasteiger partial charge < -0.3 is 14.8 Å². The van der Waals surface area contributed by atoms with Gasteiger partial charge in [0.15, 0.2) is 0 Å². The monoisotopic (exact) mass is 262 g/mol. The molecule has 5 heteroatoms. The average molecular weight is 262 g/mol. The fourth-order valence-electron chi connectivity index (χ4n) is 2.42. The van der Waals surface area contributed by atoms with E-state index in [4.69, 9.17) is 10.2 Å². The Labute approximate surface area is 111 Å². The van der Waals surface area contributed by atoms with E-state index >= 15 is 0 Å². The Kier molecular flexibility index (Phi) is 3.85. The van der Waals surface area contributed by atoms with Gasteiger partial charge in [-0.05, 0) is 44.9 Å². The van der Waals surface area contributed by atoms with Gasteiger partial charge in [-0.3, -0.25) is 0 Å². The summed E-state index contributed by atoms with van der Waals surface area (Å²) in [6.07, 6.45) is 1.55. The van der Waals surface area contributed by atoms with E-state index in [9.17, 15) is 4.79 Å². The van der Waals surface area contributed by atoms with Crippen LogP contribution in [-0.4, -0.2) is 32.3 Å². The number of imidazole rings is 1. The topological polar surface area (TPSA) is 75.3 Å². The number of fused-ring (bicyclic) bond motifs is 1. The number of carboxylic acids is 1. The molecule has 19 heavy (non-hydrogen) atoms. The third kappa shape index (κ3) is 2.61. The molecule has 2 rings (SSSR count). The Morgan fingerprint density at radius 2 is 2.21 bits per heavy atom. The summed E-state index contributed by atoms with van der Waals surface area (Å²) in [5, 5.41) is 18.0. The zero-order valence-electron chi connectivity index (χ0n) is 11.1. The molecule has 0 aliphatic heterocycles. The van der Waals surface area contributed by atoms with Crippen LogP contribution in [0.3, 0.4) is 0 Å². The quantitative estimate of drug-likeness (QED) is 0.867. The van der Waals surface area contributed by atoms with Crippen LogP contribution in [0.15, 0.2) is 18.2 Å². The summed E-state index contributed by atoms with van der Waals surface area (Å²) in [7, 11) is 0. The van der Waals surface area contributed by atoms with Crippen molar-refractivity contribution in [3.05, 3.63) is 29.6 Å². The SMILES string of the molecule is Cc1nc2ccc(C(=O)O)cc2n1C(C)CCCO. The first-order chi connectivity index (χ1) is 9.04. The van der Waals surface area contributed by atoms with Gasteiger partial charge in [0.25, 0.3) is 0 Å². The van der Waals surface area contributed by atoms with Crippen LogP contribution >= 0.6 is 0 Å². The highest BCUT2D eigenvalue weighted by Crippen LogP contribution is 2.24. The van der Waals surface area contributed by atoms with Crippen LogP contribution in [0.25, 0.3) is 11.0 Å². The second-order valence-electron chi connectivity index (χ2n) is 4.75. The lowest BCUT2D eigenvalue weighted by Gasteiger charge is -2.16. The van der Waals surface area contributed by atoms with Crippen LogP contribution in [0.5, 0.6) is 0 Å². The number of hydrogen-bond donors (Lipinski definition) is 2. The number of aliphatic hydroxyl groups excluding tert-OH is 1. The molecule has 0 fully saturated rings. The molecular weight excluding hydrogens is 244 g/mol. The first-order valence-corrected chi connectivity index (χ1v) is 6.37. The summed E-state index contributed by atoms with van der Waals surface area (Å²) in [4.78, 5) is 15.5. The number of hydrogen-bond acceptors (Lipinski definition) is 3. The molecular formula is C14H18N2O3. The van der Waals surface area contributed by atoms with Gasteiger partial charge in [-0.15, -0.1) is 0 Å². The molecule has 0 saturated heterocycles. The fourth-order valence-corrected chi connectivity index (χ4v) is 2.42. The minimum absolute atomic E-state index is 0.163. The minimum atomic E-state index is -0.935. The third-order valence-corrected chi connectivity index (χ3v) is 3.33. The van der Waals surface area contributed by atoms with E-state index in [1.807, 2.05) is 11.5 Å². The lowest BCUT2D eigenvalue weighted by Crippen LogP contribution is -2.08. The zero-order valence-corrected chi connectivity index (χ0v) is 11.1. The number of benzene rings is 1. The summed E-state index contributed by atoms with van der Waals surface area (Å²) in [6, 6.07) is 5.15. The maximum absolute atomic E-state index is 11.0. The van der Waals surface area contributed by atoms with Crippen LogP contribution < -0.4 is 0 Å². The number of aliphatic hydroxyl groups is 1. The van der Waals surface area contributed by atoms with E-state index in [1.165, 1.54) is 0 Å². The predicted molar refractivity (Wildman–Crippen MR) is 72.5 cm³/mol. The number of aromatic carboxylic acids is 1. The maximum atomic E-state index is 11.0. The highest BCUT2D eigenvalue weighted by molar-refractivity contribution is 5.92. The van der Waals surface area contributed by atoms with Gasteiger partial charge in [-0.1, -0.05) is 0 Å². The molecule has 1 aromatic carbocycles. The van der Waals surface area contributed by atoms with Crippen molar-refractivity contribution < 1.29 is 15.0 Å². The second kappa shape index (κ2) is 5.40. The van der Waals surface area contributed by atoms with Gasteiger partial charge in [-0.25, -0.2) is 9.78 Å². The molecule has 1 heterocycles. The average Bonchev–Trinajstić information content (AvgIpc) is 2.70. The van der Waals surface area contributed by atoms with Crippen LogP contribution in [0.4, 0.5) is 0 Å². The molecule has 0 radical (unpaired) electrons. The first-order valence-electron chi connectivity index (χ1n) is 6.37. The van der Waals surface area contributed by atoms with E-state index in [0.29, 0.717) is 0 Å². The molecule has 5 nitrogen and oxygen atoms in total. The van der Waals surface area contributed by atoms with E-state index in [-0.39, 0.29) is 18.2 Å². The van der Waals surface area contributed by atoms with Crippen molar-refractivity contribution in [3.63, 3.8) is 0 Å². The van der Waals surface area contributed by atoms with Gasteiger partial charge >= 0.3 is 5.97 Å². The normalized spacial score (nSPS) is 12.8. The lowest BCUT2D eigenvalue weighted by atomic mass is 10.1. The summed E-state index contributed by atoms with van der Waals surface area (Å²) < 4.78 is 2.04. The predicted octanol–water partition coefficient (Wildman–Crippen LogP) is 2.38. The molecule has 0 bridgehead atoms. The van der Waals surface area contributed by atoms with Crippen molar-refractivity contribution in [2.45, 2.75) is 32.7 Å². The third-order valence-electron chi connectivity index (χ3n) is 3.33. The van der Waals surface area contributed by atoms with E-state index in [2.05, 4.69) is 11.9 Å². The Bertz CT molecular complexity index is 604. The molecule has 0 amide bonds. The Morgan fingerprint density at radius 1 is 1.47 bits per heavy atom. The number of rotatable bonds is 5. The Balaban J connectivity index is 2.49. The van der Waals surface area contributed by atoms with E-state index in [1.54, 1.807) is 18.2 Å². The summed E-state index contributed by atoms with van der Waals surface area (Å²) in [5.74, 6) is -0.0710. The lowest BCUT2D eigenvalue weighted by molar-refractivity contribution is 0.0697. The first kappa shape index (κ1) is 13.5. The maximum Gasteiger partial charge on any atom is 0.335 e. The molecule has 0 aliphatic rings. The van der Waals surface area contributed by atoms with Crippen molar-refractivity contribution >= 4 is 17.0 Å². The number of carbonyl (C=O) groups is 1. The smallest absolute Gasteiger partial charge is 0.335 e. The fraction of sp³-hybridized carbons (Fsp3) is 0.429. The summed E-state index contributed by atoms with van der Waals surface area (Å²) in [5.41, 5.74) is 1.91. The highest BCUT2D eigenvalue weighted by atomic mass is 16.4. The number of carboxylic acid groups (broad SMARTS) is 1. The number of nitrogens with zero attached hydrogens (tertiary/aromatic N) is 2. The van der Waals surface area contributed by atoms with Crippen LogP contribution in [0.2, 0.25) is 0 Å². The molecule has 2 N–H and O–H groups in total. The van der Waals surface area contributed by atoms with E-state index in [0.717, 1.165) is 29.7 Å². The van der Waals surface area contributed by atoms with Crippen molar-refractivity contribution in [1.29, 1.82) is 0 Å². The van der Waals surface area contributed by atoms with Gasteiger partial charge in [0.1, 0.15) is 5.82 Å². The molecule has 0 spiro atoms. The van der Waals surface area contributed by atoms with Gasteiger partial charge in [0, 0.05) is 12.6 Å². The summed E-state index contributed by atoms with van der Waals surface area (Å²) in [6.45, 7) is 4.13. The van der Waals surface area contributed by atoms with Crippen LogP contribution in [0, 0.1) is 6.92 Å². The van der Waals surface area contributed by atoms with Crippen LogP contribution in [-0.2, 0) is 0 Å². The largest absolute Gasteiger partial charge is 0.478 e. The van der Waals surface area contributed by atoms with Gasteiger partial charge in [-0.2, -0.15) is 0 Å². The molecule has 2 aromatic rings. The number of aromatic nitrogens is 2. The molecule has 102 valence electrons. The standard InChI is InChI=1S/C14H18N2O3/c1-9(4-3-7-17)16-10(2)15-12-6-5-11(14(18)19)8-13(12)16/h5-6,8-9,17H,3-4,7H2,1-2H3,(H,18,19). The molecule has 1 aromatic heterocycles. The van der Waals surface area contributed by atoms with Gasteiger partial charge in [0.05, 0.1) is 16.6 Å². The molecule has 0 saturated carbocycles. The molecule has 1 unspecified atom stereocenters. The van der Waals surface area contributed by atoms with Crippen molar-refractivity contribution in [2.24, 2.45) is 0 Å². The van der Waals surface area contributed by atoms with E-state index < -0.39 is 5.97 Å². The van der Waals surface area contributed by atoms with Crippen molar-refractivity contribution in [1.82, 2.24) is 9.55 Å². The Morgan fingerprint density at radius 3 is 2.84 bits per heavy atom. The zero-order chi connectivity index (χ0) is 14.0. The summed E-state index contributed by atoms with van der Waals surface area (Å²) >= 11 is 0. The van der Waals surface area contributed by atoms with Gasteiger partial charge in [0.2, 0.25) is 0 Å². The molecule has 1 atom stereocenters. The van der Waals surface area contributed by atoms with Crippen molar-refractivity contribution in [3.8, 4) is 0 Å². The molecule has 0 aliphatic carbocycles. The van der Waals surface area contributed by atoms with Crippen molar-refractivity contribution in [2.75, 3.05) is 6.61 Å². The second-order valence-corrected chi connectivity index (χ2v) is 4.75. The highest BCUT2D eigenvalue weighted by Gasteiger charge is 2.14. The number of aryl methyl sites for hydroxylation is 1. The Hall–Kier alpha value is -1.88. The van der Waals surface area contributed by atoms with Crippen LogP contribution in [0.1, 0.15) is 42.0 Å².